The van der Waals surface area contributed by atoms with Crippen LogP contribution in [0.25, 0.3) is 0 Å². The summed E-state index contributed by atoms with van der Waals surface area (Å²) in [5.74, 6) is 0. The predicted molar refractivity (Wildman–Crippen MR) is 134 cm³/mol. The number of aliphatic hydroxyl groups is 14. The molecule has 20 atom stereocenters. The molecule has 0 bridgehead atoms. The van der Waals surface area contributed by atoms with Gasteiger partial charge in [-0.3, -0.25) is 0 Å². The first-order chi connectivity index (χ1) is 21.3. The summed E-state index contributed by atoms with van der Waals surface area (Å²) < 4.78 is 38.1. The molecular formula is C24H42O21. The Bertz CT molecular complexity index is 912. The van der Waals surface area contributed by atoms with Crippen molar-refractivity contribution in [2.75, 3.05) is 26.4 Å². The lowest BCUT2D eigenvalue weighted by molar-refractivity contribution is -0.394. The van der Waals surface area contributed by atoms with Gasteiger partial charge < -0.3 is 105 Å². The van der Waals surface area contributed by atoms with Crippen LogP contribution >= 0.6 is 0 Å². The van der Waals surface area contributed by atoms with Gasteiger partial charge >= 0.3 is 0 Å². The van der Waals surface area contributed by atoms with E-state index >= 15 is 0 Å². The summed E-state index contributed by atoms with van der Waals surface area (Å²) >= 11 is 0. The molecule has 264 valence electrons. The van der Waals surface area contributed by atoms with Gasteiger partial charge in [0.05, 0.1) is 26.4 Å². The van der Waals surface area contributed by atoms with Gasteiger partial charge in [-0.05, 0) is 0 Å². The van der Waals surface area contributed by atoms with E-state index in [2.05, 4.69) is 0 Å². The highest BCUT2D eigenvalue weighted by Crippen LogP contribution is 2.34. The van der Waals surface area contributed by atoms with Crippen LogP contribution in [-0.2, 0) is 33.2 Å². The first kappa shape index (κ1) is 37.0. The SMILES string of the molecule is OC[C@H]1O[C@@H](O[C@H]2[C@@H](O[C@H]3[C@H](O)[C@@H](O)[C@@H](O[C@H]4[C@H](O)[C@@H](O)C(O)O[C@@H]4CO)O[C@@H]3CO)O[C@H](CO)[C@@H](O)[C@@H]2O)[C@H](O)[C@@H](O)[C@@H]1O. The standard InChI is InChI=1S/C24H42O21/c25-1-5-9(29)11(31)16(36)22(40-5)45-20-12(32)10(30)6(2-26)41-24(20)44-19-8(4-28)42-23(17(37)14(19)34)43-18-7(3-27)39-21(38)15(35)13(18)33/h5-38H,1-4H2/t5-,6-,7-,8-,9-,10-,11+,12+,13-,14-,15-,16-,17-,18-,19-,20-,21?,22+,23-,24-/m1/s1. The van der Waals surface area contributed by atoms with Gasteiger partial charge in [0.15, 0.2) is 25.2 Å². The number of hydrogen-bond donors (Lipinski definition) is 14. The normalized spacial score (nSPS) is 52.9. The molecule has 4 saturated heterocycles. The minimum atomic E-state index is -2.04. The van der Waals surface area contributed by atoms with E-state index in [0.717, 1.165) is 0 Å². The van der Waals surface area contributed by atoms with Crippen LogP contribution in [-0.4, -0.2) is 221 Å². The molecule has 0 spiro atoms. The zero-order valence-corrected chi connectivity index (χ0v) is 23.5. The third kappa shape index (κ3) is 7.44. The van der Waals surface area contributed by atoms with E-state index in [1.54, 1.807) is 0 Å². The summed E-state index contributed by atoms with van der Waals surface area (Å²) in [4.78, 5) is 0. The predicted octanol–water partition coefficient (Wildman–Crippen LogP) is -9.75. The monoisotopic (exact) mass is 666 g/mol. The van der Waals surface area contributed by atoms with Crippen LogP contribution in [0.1, 0.15) is 0 Å². The Morgan fingerprint density at radius 3 is 1.22 bits per heavy atom. The average Bonchev–Trinajstić information content (AvgIpc) is 3.03. The molecule has 4 fully saturated rings. The fourth-order valence-electron chi connectivity index (χ4n) is 5.52. The highest BCUT2D eigenvalue weighted by Gasteiger charge is 2.55. The van der Waals surface area contributed by atoms with Crippen molar-refractivity contribution in [3.05, 3.63) is 0 Å². The summed E-state index contributed by atoms with van der Waals surface area (Å²) in [6.07, 6.45) is -35.8. The largest absolute Gasteiger partial charge is 0.394 e. The number of rotatable bonds is 10. The van der Waals surface area contributed by atoms with Crippen molar-refractivity contribution in [2.24, 2.45) is 0 Å². The lowest BCUT2D eigenvalue weighted by atomic mass is 9.95. The van der Waals surface area contributed by atoms with E-state index < -0.39 is 149 Å². The van der Waals surface area contributed by atoms with Crippen LogP contribution in [0.15, 0.2) is 0 Å². The van der Waals surface area contributed by atoms with Gasteiger partial charge in [0.2, 0.25) is 0 Å². The third-order valence-electron chi connectivity index (χ3n) is 8.21. The zero-order valence-electron chi connectivity index (χ0n) is 23.5. The van der Waals surface area contributed by atoms with Gasteiger partial charge in [0.1, 0.15) is 97.7 Å². The van der Waals surface area contributed by atoms with Crippen molar-refractivity contribution >= 4 is 0 Å². The maximum absolute atomic E-state index is 11.0. The van der Waals surface area contributed by atoms with Gasteiger partial charge in [-0.1, -0.05) is 0 Å². The molecule has 21 heteroatoms. The Morgan fingerprint density at radius 2 is 0.689 bits per heavy atom. The molecule has 0 amide bonds. The summed E-state index contributed by atoms with van der Waals surface area (Å²) in [5, 5.41) is 142. The zero-order chi connectivity index (χ0) is 33.3. The van der Waals surface area contributed by atoms with Crippen molar-refractivity contribution in [3.8, 4) is 0 Å². The molecule has 4 aliphatic rings. The average molecular weight is 667 g/mol. The second kappa shape index (κ2) is 15.6. The van der Waals surface area contributed by atoms with E-state index in [-0.39, 0.29) is 0 Å². The summed E-state index contributed by atoms with van der Waals surface area (Å²) in [6.45, 7) is -3.43. The van der Waals surface area contributed by atoms with Gasteiger partial charge in [0, 0.05) is 0 Å². The Hall–Kier alpha value is -0.840. The molecule has 0 aromatic heterocycles. The fourth-order valence-corrected chi connectivity index (χ4v) is 5.52. The number of hydrogen-bond acceptors (Lipinski definition) is 21. The number of ether oxygens (including phenoxy) is 7. The van der Waals surface area contributed by atoms with Crippen LogP contribution in [0.2, 0.25) is 0 Å². The van der Waals surface area contributed by atoms with Crippen LogP contribution in [0.5, 0.6) is 0 Å². The lowest BCUT2D eigenvalue weighted by Crippen LogP contribution is -2.67. The molecule has 21 nitrogen and oxygen atoms in total. The first-order valence-corrected chi connectivity index (χ1v) is 14.1. The van der Waals surface area contributed by atoms with Gasteiger partial charge in [-0.15, -0.1) is 0 Å². The first-order valence-electron chi connectivity index (χ1n) is 14.1. The van der Waals surface area contributed by atoms with E-state index in [9.17, 15) is 71.5 Å². The minimum absolute atomic E-state index is 0.818. The Balaban J connectivity index is 1.53. The van der Waals surface area contributed by atoms with Crippen molar-refractivity contribution in [3.63, 3.8) is 0 Å². The van der Waals surface area contributed by atoms with E-state index in [0.29, 0.717) is 0 Å². The Labute approximate surface area is 254 Å². The topological polar surface area (TPSA) is 348 Å². The maximum atomic E-state index is 11.0. The van der Waals surface area contributed by atoms with Crippen LogP contribution < -0.4 is 0 Å². The quantitative estimate of drug-likeness (QED) is 0.103. The van der Waals surface area contributed by atoms with Crippen molar-refractivity contribution in [2.45, 2.75) is 123 Å². The van der Waals surface area contributed by atoms with E-state index in [1.165, 1.54) is 0 Å². The van der Waals surface area contributed by atoms with Crippen LogP contribution in [0.3, 0.4) is 0 Å². The molecule has 45 heavy (non-hydrogen) atoms. The Morgan fingerprint density at radius 1 is 0.333 bits per heavy atom. The molecule has 0 aliphatic carbocycles. The number of aliphatic hydroxyl groups excluding tert-OH is 14. The van der Waals surface area contributed by atoms with Crippen LogP contribution in [0.4, 0.5) is 0 Å². The minimum Gasteiger partial charge on any atom is -0.394 e. The van der Waals surface area contributed by atoms with Crippen molar-refractivity contribution in [1.82, 2.24) is 0 Å². The highest BCUT2D eigenvalue weighted by molar-refractivity contribution is 4.97. The van der Waals surface area contributed by atoms with Crippen molar-refractivity contribution < 1.29 is 105 Å². The molecule has 0 aromatic rings. The molecule has 4 aliphatic heterocycles. The summed E-state index contributed by atoms with van der Waals surface area (Å²) in [6, 6.07) is 0. The smallest absolute Gasteiger partial charge is 0.187 e. The molecular weight excluding hydrogens is 624 g/mol. The highest BCUT2D eigenvalue weighted by atomic mass is 16.8. The van der Waals surface area contributed by atoms with Gasteiger partial charge in [0.25, 0.3) is 0 Å². The van der Waals surface area contributed by atoms with Crippen LogP contribution in [0, 0.1) is 0 Å². The molecule has 4 heterocycles. The van der Waals surface area contributed by atoms with Gasteiger partial charge in [-0.25, -0.2) is 0 Å². The maximum Gasteiger partial charge on any atom is 0.187 e. The molecule has 14 N–H and O–H groups in total. The molecule has 4 rings (SSSR count). The van der Waals surface area contributed by atoms with Gasteiger partial charge in [-0.2, -0.15) is 0 Å². The second-order valence-electron chi connectivity index (χ2n) is 11.1. The molecule has 0 saturated carbocycles. The second-order valence-corrected chi connectivity index (χ2v) is 11.1. The fraction of sp³-hybridized carbons (Fsp3) is 1.00. The molecule has 0 aromatic carbocycles. The Kier molecular flexibility index (Phi) is 12.8. The third-order valence-corrected chi connectivity index (χ3v) is 8.21. The molecule has 1 unspecified atom stereocenters. The van der Waals surface area contributed by atoms with Crippen molar-refractivity contribution in [1.29, 1.82) is 0 Å². The van der Waals surface area contributed by atoms with E-state index in [1.807, 2.05) is 0 Å². The lowest BCUT2D eigenvalue weighted by Gasteiger charge is -2.49. The summed E-state index contributed by atoms with van der Waals surface area (Å²) in [5.41, 5.74) is 0. The van der Waals surface area contributed by atoms with E-state index in [4.69, 9.17) is 33.2 Å². The molecule has 0 radical (unpaired) electrons. The summed E-state index contributed by atoms with van der Waals surface area (Å²) in [7, 11) is 0.